The van der Waals surface area contributed by atoms with Gasteiger partial charge in [-0.1, -0.05) is 13.8 Å². The molecule has 7 nitrogen and oxygen atoms in total. The van der Waals surface area contributed by atoms with E-state index in [1.807, 2.05) is 13.8 Å². The Morgan fingerprint density at radius 2 is 1.79 bits per heavy atom. The number of piperidine rings is 1. The second kappa shape index (κ2) is 9.69. The van der Waals surface area contributed by atoms with Crippen LogP contribution in [-0.4, -0.2) is 53.0 Å². The van der Waals surface area contributed by atoms with E-state index in [-0.39, 0.29) is 41.3 Å². The molecule has 0 spiro atoms. The first kappa shape index (κ1) is 26.7. The van der Waals surface area contributed by atoms with Crippen molar-refractivity contribution in [1.29, 1.82) is 0 Å². The Kier molecular flexibility index (Phi) is 6.81. The summed E-state index contributed by atoms with van der Waals surface area (Å²) < 4.78 is 45.8. The molecule has 2 atom stereocenters. The summed E-state index contributed by atoms with van der Waals surface area (Å²) in [7, 11) is 0. The highest BCUT2D eigenvalue weighted by atomic mass is 32.1. The van der Waals surface area contributed by atoms with E-state index >= 15 is 0 Å². The highest BCUT2D eigenvalue weighted by Crippen LogP contribution is 2.63. The molecule has 0 radical (unpaired) electrons. The van der Waals surface area contributed by atoms with Gasteiger partial charge >= 0.3 is 6.18 Å². The predicted molar refractivity (Wildman–Crippen MR) is 137 cm³/mol. The molecule has 1 N–H and O–H groups in total. The van der Waals surface area contributed by atoms with E-state index in [0.29, 0.717) is 26.9 Å². The van der Waals surface area contributed by atoms with Gasteiger partial charge in [0.1, 0.15) is 5.69 Å². The van der Waals surface area contributed by atoms with Gasteiger partial charge in [-0.2, -0.15) is 13.2 Å². The molecule has 2 amide bonds. The largest absolute Gasteiger partial charge is 0.433 e. The van der Waals surface area contributed by atoms with Crippen molar-refractivity contribution in [3.63, 3.8) is 0 Å². The monoisotopic (exact) mass is 546 g/mol. The number of morpholine rings is 1. The zero-order valence-corrected chi connectivity index (χ0v) is 22.4. The van der Waals surface area contributed by atoms with Crippen LogP contribution in [0, 0.1) is 31.1 Å². The number of pyridine rings is 2. The Bertz CT molecular complexity index is 1380. The summed E-state index contributed by atoms with van der Waals surface area (Å²) in [6, 6.07) is 4.49. The summed E-state index contributed by atoms with van der Waals surface area (Å²) in [6.07, 6.45) is -3.01. The van der Waals surface area contributed by atoms with Gasteiger partial charge in [0.15, 0.2) is 0 Å². The van der Waals surface area contributed by atoms with Crippen LogP contribution >= 0.6 is 11.3 Å². The number of carbonyl (C=O) groups excluding carboxylic acids is 2. The minimum atomic E-state index is -4.55. The summed E-state index contributed by atoms with van der Waals surface area (Å²) in [5, 5.41) is 3.16. The molecule has 3 fully saturated rings. The second-order valence-electron chi connectivity index (χ2n) is 10.5. The van der Waals surface area contributed by atoms with E-state index in [9.17, 15) is 22.8 Å². The smallest absolute Gasteiger partial charge is 0.379 e. The number of thiophene rings is 1. The Morgan fingerprint density at radius 1 is 1.13 bits per heavy atom. The van der Waals surface area contributed by atoms with Crippen LogP contribution in [0.4, 0.5) is 13.2 Å². The van der Waals surface area contributed by atoms with E-state index in [1.165, 1.54) is 22.4 Å². The van der Waals surface area contributed by atoms with E-state index in [4.69, 9.17) is 4.74 Å². The number of halogens is 3. The van der Waals surface area contributed by atoms with Gasteiger partial charge in [-0.25, -0.2) is 4.98 Å². The van der Waals surface area contributed by atoms with Crippen LogP contribution < -0.4 is 5.32 Å². The SMILES string of the molecule is C1COCCN1.Cc1cc(C(F)(F)F)nc(-c2ccnc3cc(CN4C(=O)C5C(C4=O)C5(C)C)sc23)c1C. The number of amides is 2. The van der Waals surface area contributed by atoms with Crippen LogP contribution in [0.5, 0.6) is 0 Å². The number of carbonyl (C=O) groups is 2. The number of fused-ring (bicyclic) bond motifs is 2. The minimum absolute atomic E-state index is 0.148. The number of nitrogens with one attached hydrogen (secondary N) is 1. The van der Waals surface area contributed by atoms with Gasteiger partial charge in [-0.05, 0) is 48.6 Å². The normalized spacial score (nSPS) is 22.3. The van der Waals surface area contributed by atoms with Crippen LogP contribution in [-0.2, 0) is 27.0 Å². The Morgan fingerprint density at radius 3 is 2.34 bits per heavy atom. The van der Waals surface area contributed by atoms with Gasteiger partial charge in [0.05, 0.1) is 47.5 Å². The van der Waals surface area contributed by atoms with Crippen LogP contribution in [0.1, 0.15) is 35.5 Å². The molecule has 1 saturated carbocycles. The Balaban J connectivity index is 0.000000433. The number of nitrogens with zero attached hydrogens (tertiary/aromatic N) is 3. The first-order valence-corrected chi connectivity index (χ1v) is 13.3. The molecule has 11 heteroatoms. The van der Waals surface area contributed by atoms with Crippen LogP contribution in [0.15, 0.2) is 24.4 Å². The van der Waals surface area contributed by atoms with Gasteiger partial charge in [0, 0.05) is 29.7 Å². The van der Waals surface area contributed by atoms with Crippen molar-refractivity contribution in [2.24, 2.45) is 17.3 Å². The Labute approximate surface area is 222 Å². The third-order valence-electron chi connectivity index (χ3n) is 7.59. The molecule has 6 rings (SSSR count). The van der Waals surface area contributed by atoms with Crippen molar-refractivity contribution >= 4 is 33.4 Å². The molecule has 3 aliphatic rings. The lowest BCUT2D eigenvalue weighted by atomic mass is 10.0. The van der Waals surface area contributed by atoms with Crippen molar-refractivity contribution in [2.75, 3.05) is 26.3 Å². The molecule has 0 bridgehead atoms. The fraction of sp³-hybridized carbons (Fsp3) is 0.481. The maximum Gasteiger partial charge on any atom is 0.433 e. The van der Waals surface area contributed by atoms with E-state index in [0.717, 1.165) is 37.2 Å². The van der Waals surface area contributed by atoms with E-state index in [1.54, 1.807) is 26.0 Å². The van der Waals surface area contributed by atoms with Gasteiger partial charge in [-0.15, -0.1) is 11.3 Å². The van der Waals surface area contributed by atoms with Gasteiger partial charge < -0.3 is 10.1 Å². The summed E-state index contributed by atoms with van der Waals surface area (Å²) in [4.78, 5) is 35.7. The first-order chi connectivity index (χ1) is 17.9. The molecule has 202 valence electrons. The number of imide groups is 1. The van der Waals surface area contributed by atoms with Gasteiger partial charge in [0.25, 0.3) is 0 Å². The summed E-state index contributed by atoms with van der Waals surface area (Å²) in [5.41, 5.74) is 1.36. The number of hydrogen-bond donors (Lipinski definition) is 1. The minimum Gasteiger partial charge on any atom is -0.379 e. The molecule has 3 aromatic rings. The summed E-state index contributed by atoms with van der Waals surface area (Å²) in [6.45, 7) is 11.2. The van der Waals surface area contributed by atoms with Crippen molar-refractivity contribution in [3.05, 3.63) is 46.1 Å². The maximum absolute atomic E-state index is 13.4. The molecule has 2 aliphatic heterocycles. The standard InChI is InChI=1S/C23H20F3N3O2S.C4H9NO/c1-10-7-15(23(24,25)26)28-18(11(10)2)13-5-6-27-14-8-12(32-19(13)14)9-29-20(30)16-17(21(29)31)22(16,3)4;1-3-6-4-2-5-1/h5-8,16-17H,9H2,1-4H3;5H,1-4H2. The lowest BCUT2D eigenvalue weighted by Crippen LogP contribution is -2.35. The van der Waals surface area contributed by atoms with Gasteiger partial charge in [0.2, 0.25) is 11.8 Å². The molecule has 3 aromatic heterocycles. The van der Waals surface area contributed by atoms with Crippen LogP contribution in [0.25, 0.3) is 21.5 Å². The highest BCUT2D eigenvalue weighted by molar-refractivity contribution is 7.19. The summed E-state index contributed by atoms with van der Waals surface area (Å²) in [5.74, 6) is -0.806. The molecule has 0 aromatic carbocycles. The zero-order valence-electron chi connectivity index (χ0n) is 21.6. The number of rotatable bonds is 3. The number of aromatic nitrogens is 2. The van der Waals surface area contributed by atoms with Crippen molar-refractivity contribution < 1.29 is 27.5 Å². The fourth-order valence-electron chi connectivity index (χ4n) is 5.23. The lowest BCUT2D eigenvalue weighted by molar-refractivity contribution is -0.144. The Hall–Kier alpha value is -2.89. The van der Waals surface area contributed by atoms with Crippen molar-refractivity contribution in [2.45, 2.75) is 40.4 Å². The third kappa shape index (κ3) is 4.71. The quantitative estimate of drug-likeness (QED) is 0.478. The number of aryl methyl sites for hydroxylation is 1. The molecule has 5 heterocycles. The lowest BCUT2D eigenvalue weighted by Gasteiger charge is -2.19. The molecule has 2 saturated heterocycles. The topological polar surface area (TPSA) is 84.4 Å². The fourth-order valence-corrected chi connectivity index (χ4v) is 6.34. The van der Waals surface area contributed by atoms with Crippen molar-refractivity contribution in [3.8, 4) is 11.3 Å². The molecular weight excluding hydrogens is 517 g/mol. The number of alkyl halides is 3. The number of ether oxygens (including phenoxy) is 1. The molecular formula is C27H29F3N4O3S. The number of likely N-dealkylation sites (tertiary alicyclic amines) is 1. The van der Waals surface area contributed by atoms with Crippen LogP contribution in [0.3, 0.4) is 0 Å². The molecule has 1 aliphatic carbocycles. The average Bonchev–Trinajstić information content (AvgIpc) is 3.12. The first-order valence-electron chi connectivity index (χ1n) is 12.5. The van der Waals surface area contributed by atoms with Gasteiger partial charge in [-0.3, -0.25) is 19.5 Å². The zero-order chi connectivity index (χ0) is 27.4. The molecule has 2 unspecified atom stereocenters. The predicted octanol–water partition coefficient (Wildman–Crippen LogP) is 4.74. The second-order valence-corrected chi connectivity index (χ2v) is 11.6. The third-order valence-corrected chi connectivity index (χ3v) is 8.73. The molecule has 38 heavy (non-hydrogen) atoms. The summed E-state index contributed by atoms with van der Waals surface area (Å²) >= 11 is 1.32. The number of hydrogen-bond acceptors (Lipinski definition) is 7. The maximum atomic E-state index is 13.4. The van der Waals surface area contributed by atoms with Crippen LogP contribution in [0.2, 0.25) is 0 Å². The van der Waals surface area contributed by atoms with E-state index in [2.05, 4.69) is 15.3 Å². The average molecular weight is 547 g/mol. The van der Waals surface area contributed by atoms with Crippen molar-refractivity contribution in [1.82, 2.24) is 20.2 Å². The van der Waals surface area contributed by atoms with E-state index < -0.39 is 11.9 Å². The highest BCUT2D eigenvalue weighted by Gasteiger charge is 2.72.